The van der Waals surface area contributed by atoms with E-state index in [9.17, 15) is 0 Å². The molecule has 16 heavy (non-hydrogen) atoms. The zero-order valence-corrected chi connectivity index (χ0v) is 9.74. The second kappa shape index (κ2) is 5.75. The number of hydrogen-bond donors (Lipinski definition) is 0. The van der Waals surface area contributed by atoms with E-state index in [1.807, 2.05) is 12.1 Å². The third-order valence-corrected chi connectivity index (χ3v) is 2.87. The highest BCUT2D eigenvalue weighted by Crippen LogP contribution is 2.25. The maximum atomic E-state index is 5.70. The van der Waals surface area contributed by atoms with Gasteiger partial charge in [-0.3, -0.25) is 4.90 Å². The van der Waals surface area contributed by atoms with Crippen molar-refractivity contribution in [2.24, 2.45) is 0 Å². The third-order valence-electron chi connectivity index (χ3n) is 2.87. The number of likely N-dealkylation sites (tertiary alicyclic amines) is 1. The van der Waals surface area contributed by atoms with Crippen molar-refractivity contribution in [1.29, 1.82) is 0 Å². The summed E-state index contributed by atoms with van der Waals surface area (Å²) >= 11 is 0. The summed E-state index contributed by atoms with van der Waals surface area (Å²) in [7, 11) is 1.65. The summed E-state index contributed by atoms with van der Waals surface area (Å²) in [6, 6.07) is 8.50. The predicted octanol–water partition coefficient (Wildman–Crippen LogP) is 1.97. The Morgan fingerprint density at radius 1 is 1.31 bits per heavy atom. The molecule has 0 saturated carbocycles. The van der Waals surface area contributed by atoms with Crippen LogP contribution in [0.25, 0.3) is 0 Å². The van der Waals surface area contributed by atoms with Crippen LogP contribution in [0, 0.1) is 6.07 Å². The third kappa shape index (κ3) is 2.89. The van der Waals surface area contributed by atoms with Crippen molar-refractivity contribution in [3.05, 3.63) is 24.3 Å². The number of rotatable bonds is 5. The fourth-order valence-electron chi connectivity index (χ4n) is 1.97. The Morgan fingerprint density at radius 2 is 2.12 bits per heavy atom. The Morgan fingerprint density at radius 3 is 2.88 bits per heavy atom. The number of methoxy groups -OCH3 is 1. The molecule has 1 aromatic rings. The van der Waals surface area contributed by atoms with Crippen molar-refractivity contribution in [3.8, 4) is 11.5 Å². The van der Waals surface area contributed by atoms with Gasteiger partial charge in [-0.25, -0.2) is 0 Å². The van der Waals surface area contributed by atoms with Crippen molar-refractivity contribution in [2.75, 3.05) is 33.4 Å². The molecule has 1 heterocycles. The van der Waals surface area contributed by atoms with Gasteiger partial charge in [-0.05, 0) is 44.1 Å². The molecular weight excluding hydrogens is 202 g/mol. The number of ether oxygens (including phenoxy) is 2. The second-order valence-corrected chi connectivity index (χ2v) is 3.97. The van der Waals surface area contributed by atoms with Crippen molar-refractivity contribution in [1.82, 2.24) is 4.90 Å². The lowest BCUT2D eigenvalue weighted by Gasteiger charge is -2.15. The van der Waals surface area contributed by atoms with E-state index in [1.165, 1.54) is 25.9 Å². The van der Waals surface area contributed by atoms with Crippen molar-refractivity contribution in [3.63, 3.8) is 0 Å². The SMILES string of the molecule is COc1c[c]ccc1OCCN1CCCC1. The highest BCUT2D eigenvalue weighted by molar-refractivity contribution is 5.38. The van der Waals surface area contributed by atoms with E-state index in [-0.39, 0.29) is 0 Å². The molecule has 1 radical (unpaired) electrons. The molecule has 3 nitrogen and oxygen atoms in total. The lowest BCUT2D eigenvalue weighted by molar-refractivity contribution is 0.230. The molecule has 1 aromatic carbocycles. The molecule has 3 heteroatoms. The van der Waals surface area contributed by atoms with E-state index in [2.05, 4.69) is 11.0 Å². The van der Waals surface area contributed by atoms with Gasteiger partial charge in [0.05, 0.1) is 7.11 Å². The lowest BCUT2D eigenvalue weighted by atomic mass is 10.3. The predicted molar refractivity (Wildman–Crippen MR) is 63.0 cm³/mol. The maximum absolute atomic E-state index is 5.70. The zero-order chi connectivity index (χ0) is 11.2. The van der Waals surface area contributed by atoms with E-state index in [1.54, 1.807) is 13.2 Å². The Balaban J connectivity index is 1.79. The van der Waals surface area contributed by atoms with Crippen LogP contribution in [0.3, 0.4) is 0 Å². The molecule has 0 N–H and O–H groups in total. The minimum absolute atomic E-state index is 0.723. The van der Waals surface area contributed by atoms with Crippen LogP contribution in [-0.2, 0) is 0 Å². The van der Waals surface area contributed by atoms with Gasteiger partial charge >= 0.3 is 0 Å². The highest BCUT2D eigenvalue weighted by Gasteiger charge is 2.11. The van der Waals surface area contributed by atoms with Crippen molar-refractivity contribution < 1.29 is 9.47 Å². The van der Waals surface area contributed by atoms with E-state index in [0.717, 1.165) is 24.7 Å². The fraction of sp³-hybridized carbons (Fsp3) is 0.538. The first kappa shape index (κ1) is 11.3. The van der Waals surface area contributed by atoms with E-state index in [0.29, 0.717) is 0 Å². The van der Waals surface area contributed by atoms with Crippen LogP contribution < -0.4 is 9.47 Å². The van der Waals surface area contributed by atoms with Crippen LogP contribution >= 0.6 is 0 Å². The lowest BCUT2D eigenvalue weighted by Crippen LogP contribution is -2.25. The summed E-state index contributed by atoms with van der Waals surface area (Å²) in [4.78, 5) is 2.43. The zero-order valence-electron chi connectivity index (χ0n) is 9.74. The minimum Gasteiger partial charge on any atom is -0.493 e. The Hall–Kier alpha value is -1.22. The van der Waals surface area contributed by atoms with Crippen LogP contribution in [0.1, 0.15) is 12.8 Å². The first-order chi connectivity index (χ1) is 7.90. The standard InChI is InChI=1S/C13H18NO2/c1-15-12-6-2-3-7-13(12)16-11-10-14-8-4-5-9-14/h3,6-7H,4-5,8-11H2,1H3. The van der Waals surface area contributed by atoms with Gasteiger partial charge < -0.3 is 9.47 Å². The first-order valence-electron chi connectivity index (χ1n) is 5.79. The molecule has 0 atom stereocenters. The van der Waals surface area contributed by atoms with Gasteiger partial charge in [-0.2, -0.15) is 0 Å². The maximum Gasteiger partial charge on any atom is 0.161 e. The number of benzene rings is 1. The summed E-state index contributed by atoms with van der Waals surface area (Å²) < 4.78 is 10.9. The average molecular weight is 220 g/mol. The summed E-state index contributed by atoms with van der Waals surface area (Å²) in [5.41, 5.74) is 0. The molecule has 0 spiro atoms. The molecular formula is C13H18NO2. The fourth-order valence-corrected chi connectivity index (χ4v) is 1.97. The van der Waals surface area contributed by atoms with Crippen LogP contribution in [0.5, 0.6) is 11.5 Å². The molecule has 87 valence electrons. The number of hydrogen-bond acceptors (Lipinski definition) is 3. The van der Waals surface area contributed by atoms with E-state index < -0.39 is 0 Å². The quantitative estimate of drug-likeness (QED) is 0.757. The molecule has 0 aliphatic carbocycles. The molecule has 1 aliphatic heterocycles. The molecule has 0 amide bonds. The molecule has 1 saturated heterocycles. The molecule has 0 unspecified atom stereocenters. The van der Waals surface area contributed by atoms with Gasteiger partial charge in [0.15, 0.2) is 11.5 Å². The molecule has 1 fully saturated rings. The van der Waals surface area contributed by atoms with Crippen molar-refractivity contribution in [2.45, 2.75) is 12.8 Å². The van der Waals surface area contributed by atoms with Gasteiger partial charge in [-0.15, -0.1) is 0 Å². The molecule has 2 rings (SSSR count). The van der Waals surface area contributed by atoms with Gasteiger partial charge in [-0.1, -0.05) is 6.07 Å². The minimum atomic E-state index is 0.723. The van der Waals surface area contributed by atoms with Crippen LogP contribution in [0.15, 0.2) is 18.2 Å². The molecule has 0 aromatic heterocycles. The second-order valence-electron chi connectivity index (χ2n) is 3.97. The normalized spacial score (nSPS) is 16.3. The van der Waals surface area contributed by atoms with Gasteiger partial charge in [0.2, 0.25) is 0 Å². The molecule has 0 bridgehead atoms. The van der Waals surface area contributed by atoms with Gasteiger partial charge in [0.1, 0.15) is 6.61 Å². The summed E-state index contributed by atoms with van der Waals surface area (Å²) in [5, 5.41) is 0. The van der Waals surface area contributed by atoms with E-state index in [4.69, 9.17) is 9.47 Å². The van der Waals surface area contributed by atoms with Crippen LogP contribution in [-0.4, -0.2) is 38.3 Å². The van der Waals surface area contributed by atoms with Crippen molar-refractivity contribution >= 4 is 0 Å². The average Bonchev–Trinajstić information content (AvgIpc) is 2.83. The summed E-state index contributed by atoms with van der Waals surface area (Å²) in [5.74, 6) is 1.56. The van der Waals surface area contributed by atoms with Gasteiger partial charge in [0, 0.05) is 6.54 Å². The summed E-state index contributed by atoms with van der Waals surface area (Å²) in [6.45, 7) is 4.15. The van der Waals surface area contributed by atoms with E-state index >= 15 is 0 Å². The Bertz CT molecular complexity index is 321. The smallest absolute Gasteiger partial charge is 0.161 e. The molecule has 1 aliphatic rings. The van der Waals surface area contributed by atoms with Crippen LogP contribution in [0.4, 0.5) is 0 Å². The number of nitrogens with zero attached hydrogens (tertiary/aromatic N) is 1. The largest absolute Gasteiger partial charge is 0.493 e. The first-order valence-corrected chi connectivity index (χ1v) is 5.79. The topological polar surface area (TPSA) is 21.7 Å². The monoisotopic (exact) mass is 220 g/mol. The van der Waals surface area contributed by atoms with Gasteiger partial charge in [0.25, 0.3) is 0 Å². The Labute approximate surface area is 97.0 Å². The Kier molecular flexibility index (Phi) is 4.05. The van der Waals surface area contributed by atoms with Crippen LogP contribution in [0.2, 0.25) is 0 Å². The summed E-state index contributed by atoms with van der Waals surface area (Å²) in [6.07, 6.45) is 2.65. The highest BCUT2D eigenvalue weighted by atomic mass is 16.5.